The Bertz CT molecular complexity index is 1210. The molecule has 3 rings (SSSR count). The predicted octanol–water partition coefficient (Wildman–Crippen LogP) is 2.13. The molecule has 40 heavy (non-hydrogen) atoms. The van der Waals surface area contributed by atoms with E-state index in [9.17, 15) is 14.4 Å². The summed E-state index contributed by atoms with van der Waals surface area (Å²) in [6.07, 6.45) is 1.61. The third-order valence-corrected chi connectivity index (χ3v) is 6.74. The molecule has 1 saturated heterocycles. The predicted molar refractivity (Wildman–Crippen MR) is 148 cm³/mol. The van der Waals surface area contributed by atoms with E-state index in [-0.39, 0.29) is 18.3 Å². The lowest BCUT2D eigenvalue weighted by Gasteiger charge is -2.36. The van der Waals surface area contributed by atoms with Crippen LogP contribution in [-0.4, -0.2) is 73.0 Å². The Morgan fingerprint density at radius 1 is 1.07 bits per heavy atom. The Hall–Kier alpha value is -3.75. The van der Waals surface area contributed by atoms with Crippen molar-refractivity contribution in [1.82, 2.24) is 15.7 Å². The van der Waals surface area contributed by atoms with Gasteiger partial charge in [-0.05, 0) is 68.7 Å². The Labute approximate surface area is 234 Å². The van der Waals surface area contributed by atoms with Crippen LogP contribution in [0.15, 0.2) is 48.5 Å². The Morgan fingerprint density at radius 2 is 1.70 bits per heavy atom. The minimum atomic E-state index is -1.88. The number of hydroxylamine groups is 1. The molecule has 10 nitrogen and oxygen atoms in total. The van der Waals surface area contributed by atoms with Crippen LogP contribution in [0.5, 0.6) is 0 Å². The van der Waals surface area contributed by atoms with Gasteiger partial charge in [0.25, 0.3) is 17.7 Å². The van der Waals surface area contributed by atoms with E-state index in [1.807, 2.05) is 24.3 Å². The molecule has 2 aromatic carbocycles. The molecular formula is C30H37N3O7. The number of aliphatic hydroxyl groups is 1. The van der Waals surface area contributed by atoms with Crippen molar-refractivity contribution in [1.29, 1.82) is 0 Å². The third kappa shape index (κ3) is 7.90. The van der Waals surface area contributed by atoms with Crippen molar-refractivity contribution in [3.05, 3.63) is 70.8 Å². The molecule has 3 amide bonds. The molecule has 0 radical (unpaired) electrons. The zero-order valence-corrected chi connectivity index (χ0v) is 23.4. The highest BCUT2D eigenvalue weighted by atomic mass is 16.8. The first kappa shape index (κ1) is 30.8. The molecule has 2 aromatic rings. The van der Waals surface area contributed by atoms with Gasteiger partial charge in [0, 0.05) is 43.8 Å². The van der Waals surface area contributed by atoms with Crippen LogP contribution in [0.3, 0.4) is 0 Å². The molecule has 214 valence electrons. The number of likely N-dealkylation sites (N-methyl/N-ethyl adjacent to an activating group) is 2. The van der Waals surface area contributed by atoms with Crippen LogP contribution in [0.25, 0.3) is 0 Å². The van der Waals surface area contributed by atoms with Gasteiger partial charge in [0.1, 0.15) is 0 Å². The maximum absolute atomic E-state index is 13.3. The van der Waals surface area contributed by atoms with Gasteiger partial charge in [-0.1, -0.05) is 24.0 Å². The van der Waals surface area contributed by atoms with Crippen molar-refractivity contribution in [2.75, 3.05) is 27.3 Å². The number of amides is 3. The molecule has 1 aliphatic rings. The van der Waals surface area contributed by atoms with E-state index < -0.39 is 29.6 Å². The molecule has 3 atom stereocenters. The fraction of sp³-hybridized carbons (Fsp3) is 0.433. The number of carbonyl (C=O) groups excluding carboxylic acids is 3. The van der Waals surface area contributed by atoms with Crippen molar-refractivity contribution in [2.24, 2.45) is 0 Å². The third-order valence-electron chi connectivity index (χ3n) is 6.74. The maximum atomic E-state index is 13.3. The van der Waals surface area contributed by atoms with Gasteiger partial charge >= 0.3 is 0 Å². The van der Waals surface area contributed by atoms with Gasteiger partial charge in [0.2, 0.25) is 0 Å². The summed E-state index contributed by atoms with van der Waals surface area (Å²) in [4.78, 5) is 45.6. The second kappa shape index (κ2) is 14.6. The smallest absolute Gasteiger partial charge is 0.279 e. The zero-order chi connectivity index (χ0) is 29.1. The number of benzene rings is 2. The van der Waals surface area contributed by atoms with Gasteiger partial charge in [-0.25, -0.2) is 10.3 Å². The van der Waals surface area contributed by atoms with Crippen LogP contribution in [-0.2, 0) is 30.5 Å². The van der Waals surface area contributed by atoms with Crippen LogP contribution in [0, 0.1) is 11.8 Å². The van der Waals surface area contributed by atoms with E-state index in [1.54, 1.807) is 31.2 Å². The summed E-state index contributed by atoms with van der Waals surface area (Å²) in [7, 11) is 2.78. The molecule has 0 spiro atoms. The summed E-state index contributed by atoms with van der Waals surface area (Å²) >= 11 is 0. The minimum Gasteiger partial charge on any atom is -0.394 e. The van der Waals surface area contributed by atoms with Gasteiger partial charge in [-0.3, -0.25) is 14.4 Å². The first-order valence-corrected chi connectivity index (χ1v) is 13.2. The maximum Gasteiger partial charge on any atom is 0.279 e. The lowest BCUT2D eigenvalue weighted by Crippen LogP contribution is -2.65. The van der Waals surface area contributed by atoms with Gasteiger partial charge < -0.3 is 24.8 Å². The molecule has 10 heteroatoms. The highest BCUT2D eigenvalue weighted by molar-refractivity contribution is 6.12. The van der Waals surface area contributed by atoms with Crippen molar-refractivity contribution in [3.63, 3.8) is 0 Å². The van der Waals surface area contributed by atoms with Crippen molar-refractivity contribution in [3.8, 4) is 11.8 Å². The Balaban J connectivity index is 1.66. The largest absolute Gasteiger partial charge is 0.394 e. The fourth-order valence-corrected chi connectivity index (χ4v) is 3.89. The van der Waals surface area contributed by atoms with E-state index in [2.05, 4.69) is 22.6 Å². The highest BCUT2D eigenvalue weighted by Gasteiger charge is 2.47. The first-order chi connectivity index (χ1) is 19.2. The SMILES string of the molecule is CNC(=O)C(C)(C(=O)NOC1CCCCO1)N(C)C(=O)c1ccc(C#Cc2ccc(CO[C@H](C)CO)cc2)cc1. The van der Waals surface area contributed by atoms with E-state index in [0.717, 1.165) is 28.9 Å². The summed E-state index contributed by atoms with van der Waals surface area (Å²) < 4.78 is 11.0. The monoisotopic (exact) mass is 551 g/mol. The van der Waals surface area contributed by atoms with Crippen molar-refractivity contribution >= 4 is 17.7 Å². The molecule has 0 saturated carbocycles. The number of aliphatic hydroxyl groups excluding tert-OH is 1. The summed E-state index contributed by atoms with van der Waals surface area (Å²) in [5.41, 5.74) is 3.18. The summed E-state index contributed by atoms with van der Waals surface area (Å²) in [5.74, 6) is 4.16. The topological polar surface area (TPSA) is 126 Å². The molecule has 1 heterocycles. The second-order valence-electron chi connectivity index (χ2n) is 9.69. The number of nitrogens with one attached hydrogen (secondary N) is 2. The van der Waals surface area contributed by atoms with Crippen molar-refractivity contribution < 1.29 is 33.8 Å². The van der Waals surface area contributed by atoms with E-state index in [0.29, 0.717) is 25.2 Å². The van der Waals surface area contributed by atoms with Gasteiger partial charge in [0.15, 0.2) is 11.8 Å². The van der Waals surface area contributed by atoms with Crippen LogP contribution in [0.1, 0.15) is 60.2 Å². The Morgan fingerprint density at radius 3 is 2.25 bits per heavy atom. The van der Waals surface area contributed by atoms with Crippen LogP contribution >= 0.6 is 0 Å². The summed E-state index contributed by atoms with van der Waals surface area (Å²) in [6, 6.07) is 14.2. The fourth-order valence-electron chi connectivity index (χ4n) is 3.89. The number of hydrogen-bond acceptors (Lipinski definition) is 7. The number of ether oxygens (including phenoxy) is 2. The standard InChI is InChI=1S/C30H37N3O7/c1-21(19-34)39-20-24-12-10-22(11-13-24)8-9-23-14-16-25(17-15-23)27(35)33(4)30(2,28(36)31-3)29(37)32-40-26-7-5-6-18-38-26/h10-17,21,26,34H,5-7,18-20H2,1-4H3,(H,31,36)(H,32,37)/t21-,26?,30?/m1/s1. The van der Waals surface area contributed by atoms with Gasteiger partial charge in [-0.2, -0.15) is 0 Å². The molecule has 0 aliphatic carbocycles. The number of hydrogen-bond donors (Lipinski definition) is 3. The molecule has 3 N–H and O–H groups in total. The van der Waals surface area contributed by atoms with Crippen LogP contribution < -0.4 is 10.8 Å². The first-order valence-electron chi connectivity index (χ1n) is 13.2. The molecular weight excluding hydrogens is 514 g/mol. The number of nitrogens with zero attached hydrogens (tertiary/aromatic N) is 1. The lowest BCUT2D eigenvalue weighted by atomic mass is 9.96. The quantitative estimate of drug-likeness (QED) is 0.235. The van der Waals surface area contributed by atoms with E-state index in [4.69, 9.17) is 19.4 Å². The van der Waals surface area contributed by atoms with E-state index >= 15 is 0 Å². The van der Waals surface area contributed by atoms with Gasteiger partial charge in [-0.15, -0.1) is 0 Å². The van der Waals surface area contributed by atoms with E-state index in [1.165, 1.54) is 21.0 Å². The normalized spacial score (nSPS) is 17.0. The highest BCUT2D eigenvalue weighted by Crippen LogP contribution is 2.20. The number of carbonyl (C=O) groups is 3. The minimum absolute atomic E-state index is 0.0296. The average molecular weight is 552 g/mol. The zero-order valence-electron chi connectivity index (χ0n) is 23.4. The molecule has 1 aliphatic heterocycles. The summed E-state index contributed by atoms with van der Waals surface area (Å²) in [5, 5.41) is 11.5. The van der Waals surface area contributed by atoms with Gasteiger partial charge in [0.05, 0.1) is 19.3 Å². The molecule has 0 aromatic heterocycles. The second-order valence-corrected chi connectivity index (χ2v) is 9.69. The van der Waals surface area contributed by atoms with Crippen molar-refractivity contribution in [2.45, 2.75) is 57.6 Å². The lowest BCUT2D eigenvalue weighted by molar-refractivity contribution is -0.204. The molecule has 1 fully saturated rings. The van der Waals surface area contributed by atoms with Crippen LogP contribution in [0.4, 0.5) is 0 Å². The summed E-state index contributed by atoms with van der Waals surface area (Å²) in [6.45, 7) is 4.06. The Kier molecular flexibility index (Phi) is 11.2. The average Bonchev–Trinajstić information content (AvgIpc) is 3.01. The number of rotatable bonds is 10. The van der Waals surface area contributed by atoms with Crippen LogP contribution in [0.2, 0.25) is 0 Å². The molecule has 0 bridgehead atoms. The molecule has 2 unspecified atom stereocenters.